The van der Waals surface area contributed by atoms with Crippen molar-refractivity contribution in [2.45, 2.75) is 12.5 Å². The molecule has 2 aromatic carbocycles. The van der Waals surface area contributed by atoms with Crippen molar-refractivity contribution in [3.05, 3.63) is 76.2 Å². The number of amides is 2. The van der Waals surface area contributed by atoms with Crippen LogP contribution in [0.5, 0.6) is 11.5 Å². The molecular weight excluding hydrogens is 426 g/mol. The summed E-state index contributed by atoms with van der Waals surface area (Å²) in [5.41, 5.74) is 9.07. The van der Waals surface area contributed by atoms with Crippen molar-refractivity contribution in [1.29, 1.82) is 0 Å². The SMILES string of the molecule is COc1cc2c(cc1OC)[C@@H](c1ccccc1)N(CC(=O)Nc1sccc1C(N)=O)CC2. The molecule has 32 heavy (non-hydrogen) atoms. The van der Waals surface area contributed by atoms with Gasteiger partial charge in [0.15, 0.2) is 11.5 Å². The van der Waals surface area contributed by atoms with Gasteiger partial charge in [-0.05, 0) is 46.7 Å². The number of carbonyl (C=O) groups is 2. The summed E-state index contributed by atoms with van der Waals surface area (Å²) in [5, 5.41) is 5.06. The Morgan fingerprint density at radius 3 is 2.53 bits per heavy atom. The van der Waals surface area contributed by atoms with Crippen molar-refractivity contribution in [3.8, 4) is 11.5 Å². The highest BCUT2D eigenvalue weighted by atomic mass is 32.1. The summed E-state index contributed by atoms with van der Waals surface area (Å²) in [4.78, 5) is 26.6. The molecule has 0 saturated heterocycles. The van der Waals surface area contributed by atoms with Crippen molar-refractivity contribution < 1.29 is 19.1 Å². The van der Waals surface area contributed by atoms with Gasteiger partial charge in [-0.1, -0.05) is 30.3 Å². The summed E-state index contributed by atoms with van der Waals surface area (Å²) < 4.78 is 11.0. The lowest BCUT2D eigenvalue weighted by molar-refractivity contribution is -0.117. The average molecular weight is 452 g/mol. The molecule has 1 aromatic heterocycles. The molecule has 0 aliphatic carbocycles. The van der Waals surface area contributed by atoms with Crippen LogP contribution in [-0.2, 0) is 11.2 Å². The Hall–Kier alpha value is -3.36. The van der Waals surface area contributed by atoms with Gasteiger partial charge in [-0.15, -0.1) is 11.3 Å². The minimum Gasteiger partial charge on any atom is -0.493 e. The molecule has 166 valence electrons. The molecular formula is C24H25N3O4S. The van der Waals surface area contributed by atoms with E-state index < -0.39 is 5.91 Å². The zero-order chi connectivity index (χ0) is 22.7. The summed E-state index contributed by atoms with van der Waals surface area (Å²) in [6.45, 7) is 0.867. The standard InChI is InChI=1S/C24H25N3O4S/c1-30-19-12-16-8-10-27(14-21(28)26-24-17(23(25)29)9-11-32-24)22(15-6-4-3-5-7-15)18(16)13-20(19)31-2/h3-7,9,11-13,22H,8,10,14H2,1-2H3,(H2,25,29)(H,26,28)/t22-/m1/s1. The van der Waals surface area contributed by atoms with E-state index in [9.17, 15) is 9.59 Å². The van der Waals surface area contributed by atoms with E-state index in [-0.39, 0.29) is 18.5 Å². The quantitative estimate of drug-likeness (QED) is 0.574. The molecule has 0 bridgehead atoms. The molecule has 3 aromatic rings. The lowest BCUT2D eigenvalue weighted by atomic mass is 9.87. The fraction of sp³-hybridized carbons (Fsp3) is 0.250. The van der Waals surface area contributed by atoms with Crippen LogP contribution in [0.2, 0.25) is 0 Å². The van der Waals surface area contributed by atoms with E-state index in [1.54, 1.807) is 25.7 Å². The van der Waals surface area contributed by atoms with E-state index in [0.717, 1.165) is 17.5 Å². The van der Waals surface area contributed by atoms with Crippen LogP contribution in [0.4, 0.5) is 5.00 Å². The third-order valence-electron chi connectivity index (χ3n) is 5.62. The summed E-state index contributed by atoms with van der Waals surface area (Å²) in [6.07, 6.45) is 0.776. The first kappa shape index (κ1) is 21.9. The maximum atomic E-state index is 12.9. The molecule has 0 radical (unpaired) electrons. The Morgan fingerprint density at radius 2 is 1.84 bits per heavy atom. The number of primary amides is 1. The molecule has 1 aliphatic rings. The van der Waals surface area contributed by atoms with E-state index in [1.165, 1.54) is 16.9 Å². The van der Waals surface area contributed by atoms with Crippen molar-refractivity contribution in [2.24, 2.45) is 5.73 Å². The van der Waals surface area contributed by atoms with Crippen LogP contribution in [0.25, 0.3) is 0 Å². The highest BCUT2D eigenvalue weighted by Gasteiger charge is 2.31. The number of nitrogens with two attached hydrogens (primary N) is 1. The number of nitrogens with one attached hydrogen (secondary N) is 1. The number of carbonyl (C=O) groups excluding carboxylic acids is 2. The van der Waals surface area contributed by atoms with Gasteiger partial charge in [0.2, 0.25) is 5.91 Å². The van der Waals surface area contributed by atoms with Gasteiger partial charge >= 0.3 is 0 Å². The maximum absolute atomic E-state index is 12.9. The number of methoxy groups -OCH3 is 2. The summed E-state index contributed by atoms with van der Waals surface area (Å²) in [7, 11) is 3.25. The minimum absolute atomic E-state index is 0.121. The Balaban J connectivity index is 1.65. The second-order valence-corrected chi connectivity index (χ2v) is 8.43. The van der Waals surface area contributed by atoms with E-state index in [0.29, 0.717) is 28.6 Å². The predicted octanol–water partition coefficient (Wildman–Crippen LogP) is 3.45. The normalized spacial score (nSPS) is 15.6. The Labute approximate surface area is 190 Å². The van der Waals surface area contributed by atoms with Crippen molar-refractivity contribution in [2.75, 3.05) is 32.6 Å². The molecule has 1 aliphatic heterocycles. The number of thiophene rings is 1. The fourth-order valence-electron chi connectivity index (χ4n) is 4.14. The van der Waals surface area contributed by atoms with E-state index >= 15 is 0 Å². The molecule has 0 saturated carbocycles. The number of fused-ring (bicyclic) bond motifs is 1. The average Bonchev–Trinajstić information content (AvgIpc) is 3.26. The largest absolute Gasteiger partial charge is 0.493 e. The molecule has 1 atom stereocenters. The second-order valence-electron chi connectivity index (χ2n) is 7.52. The van der Waals surface area contributed by atoms with E-state index in [4.69, 9.17) is 15.2 Å². The maximum Gasteiger partial charge on any atom is 0.251 e. The van der Waals surface area contributed by atoms with Crippen LogP contribution >= 0.6 is 11.3 Å². The molecule has 4 rings (SSSR count). The Kier molecular flexibility index (Phi) is 6.43. The predicted molar refractivity (Wildman–Crippen MR) is 125 cm³/mol. The summed E-state index contributed by atoms with van der Waals surface area (Å²) in [5.74, 6) is 0.598. The van der Waals surface area contributed by atoms with Gasteiger partial charge in [-0.3, -0.25) is 14.5 Å². The number of rotatable bonds is 7. The Bertz CT molecular complexity index is 1130. The van der Waals surface area contributed by atoms with Crippen LogP contribution in [0.15, 0.2) is 53.9 Å². The number of hydrogen-bond acceptors (Lipinski definition) is 6. The van der Waals surface area contributed by atoms with Crippen LogP contribution in [0, 0.1) is 0 Å². The van der Waals surface area contributed by atoms with E-state index in [2.05, 4.69) is 22.3 Å². The molecule has 3 N–H and O–H groups in total. The van der Waals surface area contributed by atoms with Crippen molar-refractivity contribution in [1.82, 2.24) is 4.90 Å². The molecule has 0 fully saturated rings. The smallest absolute Gasteiger partial charge is 0.251 e. The lowest BCUT2D eigenvalue weighted by Gasteiger charge is -2.37. The fourth-order valence-corrected chi connectivity index (χ4v) is 4.95. The van der Waals surface area contributed by atoms with Crippen molar-refractivity contribution in [3.63, 3.8) is 0 Å². The van der Waals surface area contributed by atoms with Crippen molar-refractivity contribution >= 4 is 28.2 Å². The van der Waals surface area contributed by atoms with Crippen LogP contribution in [-0.4, -0.2) is 44.0 Å². The third kappa shape index (κ3) is 4.32. The Morgan fingerprint density at radius 1 is 1.12 bits per heavy atom. The number of ether oxygens (including phenoxy) is 2. The van der Waals surface area contributed by atoms with Gasteiger partial charge in [-0.2, -0.15) is 0 Å². The zero-order valence-corrected chi connectivity index (χ0v) is 18.8. The molecule has 0 spiro atoms. The molecule has 8 heteroatoms. The summed E-state index contributed by atoms with van der Waals surface area (Å²) >= 11 is 1.28. The first-order valence-electron chi connectivity index (χ1n) is 10.2. The highest BCUT2D eigenvalue weighted by Crippen LogP contribution is 2.40. The highest BCUT2D eigenvalue weighted by molar-refractivity contribution is 7.14. The van der Waals surface area contributed by atoms with Crippen LogP contribution < -0.4 is 20.5 Å². The minimum atomic E-state index is -0.559. The first-order chi connectivity index (χ1) is 15.5. The van der Waals surface area contributed by atoms with Gasteiger partial charge < -0.3 is 20.5 Å². The van der Waals surface area contributed by atoms with Gasteiger partial charge in [0.05, 0.1) is 32.4 Å². The number of anilines is 1. The number of nitrogens with zero attached hydrogens (tertiary/aromatic N) is 1. The van der Waals surface area contributed by atoms with Gasteiger partial charge in [-0.25, -0.2) is 0 Å². The second kappa shape index (κ2) is 9.42. The molecule has 2 heterocycles. The third-order valence-corrected chi connectivity index (χ3v) is 6.45. The van der Waals surface area contributed by atoms with Gasteiger partial charge in [0.1, 0.15) is 5.00 Å². The molecule has 0 unspecified atom stereocenters. The van der Waals surface area contributed by atoms with Gasteiger partial charge in [0, 0.05) is 6.54 Å². The summed E-state index contributed by atoms with van der Waals surface area (Å²) in [6, 6.07) is 15.6. The molecule has 7 nitrogen and oxygen atoms in total. The zero-order valence-electron chi connectivity index (χ0n) is 18.0. The topological polar surface area (TPSA) is 93.9 Å². The van der Waals surface area contributed by atoms with Gasteiger partial charge in [0.25, 0.3) is 5.91 Å². The molecule has 2 amide bonds. The van der Waals surface area contributed by atoms with Crippen LogP contribution in [0.1, 0.15) is 33.1 Å². The van der Waals surface area contributed by atoms with Crippen LogP contribution in [0.3, 0.4) is 0 Å². The monoisotopic (exact) mass is 451 g/mol. The number of benzene rings is 2. The lowest BCUT2D eigenvalue weighted by Crippen LogP contribution is -2.41. The van der Waals surface area contributed by atoms with E-state index in [1.807, 2.05) is 30.3 Å². The number of hydrogen-bond donors (Lipinski definition) is 2. The first-order valence-corrected chi connectivity index (χ1v) is 11.1.